The molecule has 108 valence electrons. The maximum atomic E-state index is 11.9. The van der Waals surface area contributed by atoms with Crippen LogP contribution in [0.4, 0.5) is 5.69 Å². The number of hydrogen-bond acceptors (Lipinski definition) is 5. The lowest BCUT2D eigenvalue weighted by molar-refractivity contribution is -0.384. The molecular weight excluding hydrogens is 379 g/mol. The highest BCUT2D eigenvalue weighted by molar-refractivity contribution is 14.1. The normalized spacial score (nSPS) is 9.90. The fourth-order valence-electron chi connectivity index (χ4n) is 1.43. The van der Waals surface area contributed by atoms with E-state index in [1.165, 1.54) is 25.3 Å². The van der Waals surface area contributed by atoms with Crippen molar-refractivity contribution in [2.75, 3.05) is 13.7 Å². The summed E-state index contributed by atoms with van der Waals surface area (Å²) in [6, 6.07) is 4.09. The molecule has 1 amide bonds. The highest BCUT2D eigenvalue weighted by atomic mass is 127. The van der Waals surface area contributed by atoms with Gasteiger partial charge in [-0.1, -0.05) is 0 Å². The number of esters is 1. The Morgan fingerprint density at radius 2 is 2.15 bits per heavy atom. The van der Waals surface area contributed by atoms with Crippen molar-refractivity contribution in [1.82, 2.24) is 5.32 Å². The summed E-state index contributed by atoms with van der Waals surface area (Å²) in [7, 11) is 1.30. The number of nitrogens with one attached hydrogen (secondary N) is 1. The number of nitro benzene ring substituents is 1. The van der Waals surface area contributed by atoms with E-state index in [1.807, 2.05) is 22.6 Å². The van der Waals surface area contributed by atoms with Crippen LogP contribution >= 0.6 is 22.6 Å². The van der Waals surface area contributed by atoms with E-state index in [0.29, 0.717) is 16.5 Å². The molecule has 0 bridgehead atoms. The summed E-state index contributed by atoms with van der Waals surface area (Å²) >= 11 is 1.94. The van der Waals surface area contributed by atoms with Gasteiger partial charge in [0.05, 0.1) is 17.6 Å². The first kappa shape index (κ1) is 16.3. The van der Waals surface area contributed by atoms with Gasteiger partial charge in [-0.05, 0) is 35.1 Å². The van der Waals surface area contributed by atoms with E-state index in [9.17, 15) is 19.7 Å². The zero-order valence-corrected chi connectivity index (χ0v) is 12.9. The number of non-ortho nitro benzene ring substituents is 1. The minimum Gasteiger partial charge on any atom is -0.469 e. The Labute approximate surface area is 129 Å². The maximum Gasteiger partial charge on any atom is 0.305 e. The fourth-order valence-corrected chi connectivity index (χ4v) is 2.01. The van der Waals surface area contributed by atoms with E-state index in [2.05, 4.69) is 10.1 Å². The van der Waals surface area contributed by atoms with Crippen molar-refractivity contribution in [3.05, 3.63) is 37.4 Å². The van der Waals surface area contributed by atoms with Crippen molar-refractivity contribution in [3.8, 4) is 0 Å². The van der Waals surface area contributed by atoms with Gasteiger partial charge in [-0.15, -0.1) is 0 Å². The predicted octanol–water partition coefficient (Wildman–Crippen LogP) is 1.88. The highest BCUT2D eigenvalue weighted by Crippen LogP contribution is 2.19. The number of ether oxygens (including phenoxy) is 1. The van der Waals surface area contributed by atoms with Crippen LogP contribution < -0.4 is 5.32 Å². The van der Waals surface area contributed by atoms with Gasteiger partial charge in [0, 0.05) is 28.7 Å². The first-order valence-corrected chi connectivity index (χ1v) is 6.82. The summed E-state index contributed by atoms with van der Waals surface area (Å²) in [4.78, 5) is 32.9. The van der Waals surface area contributed by atoms with Crippen molar-refractivity contribution in [3.63, 3.8) is 0 Å². The Morgan fingerprint density at radius 3 is 2.75 bits per heavy atom. The van der Waals surface area contributed by atoms with E-state index >= 15 is 0 Å². The third kappa shape index (κ3) is 4.76. The van der Waals surface area contributed by atoms with Gasteiger partial charge in [-0.2, -0.15) is 0 Å². The molecule has 1 aromatic carbocycles. The van der Waals surface area contributed by atoms with Gasteiger partial charge in [-0.3, -0.25) is 19.7 Å². The van der Waals surface area contributed by atoms with Crippen molar-refractivity contribution < 1.29 is 19.2 Å². The molecule has 0 radical (unpaired) electrons. The number of halogens is 1. The van der Waals surface area contributed by atoms with Gasteiger partial charge in [-0.25, -0.2) is 0 Å². The molecule has 0 aliphatic rings. The van der Waals surface area contributed by atoms with Crippen LogP contribution in [-0.2, 0) is 9.53 Å². The molecule has 0 aromatic heterocycles. The van der Waals surface area contributed by atoms with E-state index in [-0.39, 0.29) is 23.6 Å². The number of amides is 1. The largest absolute Gasteiger partial charge is 0.469 e. The van der Waals surface area contributed by atoms with Crippen molar-refractivity contribution >= 4 is 40.2 Å². The molecule has 7 nitrogen and oxygen atoms in total. The van der Waals surface area contributed by atoms with E-state index < -0.39 is 10.8 Å². The standard InChI is InChI=1S/C12H13IN2O5/c1-20-11(16)3-2-6-14-12(17)9-7-8(15(18)19)4-5-10(9)13/h4-5,7H,2-3,6H2,1H3,(H,14,17). The summed E-state index contributed by atoms with van der Waals surface area (Å²) in [5.41, 5.74) is 0.114. The van der Waals surface area contributed by atoms with Crippen molar-refractivity contribution in [2.24, 2.45) is 0 Å². The van der Waals surface area contributed by atoms with Crippen LogP contribution in [0.5, 0.6) is 0 Å². The average molecular weight is 392 g/mol. The molecule has 1 rings (SSSR count). The molecular formula is C12H13IN2O5. The molecule has 0 fully saturated rings. The molecule has 1 N–H and O–H groups in total. The smallest absolute Gasteiger partial charge is 0.305 e. The van der Waals surface area contributed by atoms with E-state index in [0.717, 1.165) is 0 Å². The molecule has 0 aliphatic heterocycles. The minimum atomic E-state index is -0.551. The lowest BCUT2D eigenvalue weighted by Gasteiger charge is -2.06. The zero-order valence-electron chi connectivity index (χ0n) is 10.7. The summed E-state index contributed by atoms with van der Waals surface area (Å²) in [6.45, 7) is 0.298. The maximum absolute atomic E-state index is 11.9. The average Bonchev–Trinajstić information content (AvgIpc) is 2.43. The second-order valence-corrected chi connectivity index (χ2v) is 5.02. The lowest BCUT2D eigenvalue weighted by atomic mass is 10.2. The molecule has 0 aliphatic carbocycles. The van der Waals surface area contributed by atoms with Gasteiger partial charge >= 0.3 is 5.97 Å². The zero-order chi connectivity index (χ0) is 15.1. The minimum absolute atomic E-state index is 0.134. The van der Waals surface area contributed by atoms with Crippen LogP contribution in [0.15, 0.2) is 18.2 Å². The molecule has 8 heteroatoms. The SMILES string of the molecule is COC(=O)CCCNC(=O)c1cc([N+](=O)[O-])ccc1I. The number of hydrogen-bond donors (Lipinski definition) is 1. The number of rotatable bonds is 6. The number of nitro groups is 1. The second-order valence-electron chi connectivity index (χ2n) is 3.86. The molecule has 0 spiro atoms. The van der Waals surface area contributed by atoms with Gasteiger partial charge < -0.3 is 10.1 Å². The number of benzene rings is 1. The van der Waals surface area contributed by atoms with Gasteiger partial charge in [0.1, 0.15) is 0 Å². The van der Waals surface area contributed by atoms with Crippen LogP contribution in [0.3, 0.4) is 0 Å². The quantitative estimate of drug-likeness (QED) is 0.262. The molecule has 1 aromatic rings. The summed E-state index contributed by atoms with van der Waals surface area (Å²) in [5.74, 6) is -0.743. The molecule has 0 saturated heterocycles. The molecule has 0 saturated carbocycles. The Bertz CT molecular complexity index is 533. The van der Waals surface area contributed by atoms with Crippen LogP contribution in [-0.4, -0.2) is 30.5 Å². The Morgan fingerprint density at radius 1 is 1.45 bits per heavy atom. The number of carbonyl (C=O) groups excluding carboxylic acids is 2. The monoisotopic (exact) mass is 392 g/mol. The Kier molecular flexibility index (Phi) is 6.36. The molecule has 0 heterocycles. The first-order chi connectivity index (χ1) is 9.45. The summed E-state index contributed by atoms with van der Waals surface area (Å²) < 4.78 is 5.10. The fraction of sp³-hybridized carbons (Fsp3) is 0.333. The van der Waals surface area contributed by atoms with Crippen molar-refractivity contribution in [1.29, 1.82) is 0 Å². The third-order valence-electron chi connectivity index (χ3n) is 2.48. The first-order valence-electron chi connectivity index (χ1n) is 5.74. The predicted molar refractivity (Wildman–Crippen MR) is 79.4 cm³/mol. The van der Waals surface area contributed by atoms with Crippen LogP contribution in [0, 0.1) is 13.7 Å². The van der Waals surface area contributed by atoms with E-state index in [4.69, 9.17) is 0 Å². The van der Waals surface area contributed by atoms with Gasteiger partial charge in [0.2, 0.25) is 0 Å². The van der Waals surface area contributed by atoms with E-state index in [1.54, 1.807) is 0 Å². The number of methoxy groups -OCH3 is 1. The topological polar surface area (TPSA) is 98.5 Å². The Hall–Kier alpha value is -1.71. The van der Waals surface area contributed by atoms with Crippen LogP contribution in [0.1, 0.15) is 23.2 Å². The summed E-state index contributed by atoms with van der Waals surface area (Å²) in [6.07, 6.45) is 0.659. The highest BCUT2D eigenvalue weighted by Gasteiger charge is 2.15. The van der Waals surface area contributed by atoms with Gasteiger partial charge in [0.15, 0.2) is 0 Å². The third-order valence-corrected chi connectivity index (χ3v) is 3.42. The summed E-state index contributed by atoms with van der Waals surface area (Å²) in [5, 5.41) is 13.3. The van der Waals surface area contributed by atoms with Crippen LogP contribution in [0.25, 0.3) is 0 Å². The molecule has 0 unspecified atom stereocenters. The molecule has 0 atom stereocenters. The second kappa shape index (κ2) is 7.78. The van der Waals surface area contributed by atoms with Crippen molar-refractivity contribution in [2.45, 2.75) is 12.8 Å². The number of carbonyl (C=O) groups is 2. The Balaban J connectivity index is 2.61. The number of nitrogens with zero attached hydrogens (tertiary/aromatic N) is 1. The van der Waals surface area contributed by atoms with Gasteiger partial charge in [0.25, 0.3) is 11.6 Å². The lowest BCUT2D eigenvalue weighted by Crippen LogP contribution is -2.25. The van der Waals surface area contributed by atoms with Crippen LogP contribution in [0.2, 0.25) is 0 Å². The molecule has 20 heavy (non-hydrogen) atoms.